The molecule has 1 amide bonds. The Balaban J connectivity index is 1.49. The first-order chi connectivity index (χ1) is 17.1. The fourth-order valence-corrected chi connectivity index (χ4v) is 4.10. The summed E-state index contributed by atoms with van der Waals surface area (Å²) >= 11 is 0. The number of fused-ring (bicyclic) bond motifs is 1. The van der Waals surface area contributed by atoms with Crippen LogP contribution < -0.4 is 10.2 Å². The number of rotatable bonds is 7. The second-order valence-corrected chi connectivity index (χ2v) is 8.09. The Morgan fingerprint density at radius 2 is 1.83 bits per heavy atom. The Morgan fingerprint density at radius 3 is 2.63 bits per heavy atom. The van der Waals surface area contributed by atoms with E-state index in [1.54, 1.807) is 30.3 Å². The highest BCUT2D eigenvalue weighted by molar-refractivity contribution is 5.95. The van der Waals surface area contributed by atoms with E-state index in [2.05, 4.69) is 15.3 Å². The van der Waals surface area contributed by atoms with Crippen molar-refractivity contribution in [2.45, 2.75) is 13.0 Å². The molecule has 0 fully saturated rings. The Labute approximate surface area is 202 Å². The van der Waals surface area contributed by atoms with Crippen molar-refractivity contribution in [1.29, 1.82) is 0 Å². The SMILES string of the molecule is CNc1ncnc2ccc(-c3cccc(CN(C(=O)Cc4ccco4)c4ccccc4F)c3)cc12. The molecule has 0 saturated heterocycles. The van der Waals surface area contributed by atoms with Gasteiger partial charge in [0.15, 0.2) is 0 Å². The molecule has 1 N–H and O–H groups in total. The zero-order valence-electron chi connectivity index (χ0n) is 19.1. The minimum atomic E-state index is -0.453. The molecule has 0 radical (unpaired) electrons. The molecule has 0 bridgehead atoms. The summed E-state index contributed by atoms with van der Waals surface area (Å²) in [7, 11) is 1.83. The van der Waals surface area contributed by atoms with E-state index in [4.69, 9.17) is 4.42 Å². The lowest BCUT2D eigenvalue weighted by Crippen LogP contribution is -2.32. The summed E-state index contributed by atoms with van der Waals surface area (Å²) in [5.74, 6) is 0.577. The number of aromatic nitrogens is 2. The quantitative estimate of drug-likeness (QED) is 0.326. The van der Waals surface area contributed by atoms with Crippen molar-refractivity contribution in [2.24, 2.45) is 0 Å². The summed E-state index contributed by atoms with van der Waals surface area (Å²) in [6, 6.07) is 23.7. The summed E-state index contributed by atoms with van der Waals surface area (Å²) in [4.78, 5) is 23.3. The molecule has 174 valence electrons. The van der Waals surface area contributed by atoms with Crippen LogP contribution in [-0.4, -0.2) is 22.9 Å². The number of amides is 1. The maximum atomic E-state index is 14.7. The van der Waals surface area contributed by atoms with Gasteiger partial charge in [-0.05, 0) is 59.2 Å². The third-order valence-corrected chi connectivity index (χ3v) is 5.82. The van der Waals surface area contributed by atoms with E-state index in [-0.39, 0.29) is 24.6 Å². The fourth-order valence-electron chi connectivity index (χ4n) is 4.10. The first-order valence-corrected chi connectivity index (χ1v) is 11.2. The van der Waals surface area contributed by atoms with Crippen molar-refractivity contribution in [3.8, 4) is 11.1 Å². The van der Waals surface area contributed by atoms with Gasteiger partial charge < -0.3 is 14.6 Å². The molecule has 0 aliphatic carbocycles. The van der Waals surface area contributed by atoms with Crippen molar-refractivity contribution in [3.63, 3.8) is 0 Å². The van der Waals surface area contributed by atoms with Crippen LogP contribution in [0.2, 0.25) is 0 Å². The van der Waals surface area contributed by atoms with Gasteiger partial charge in [0, 0.05) is 12.4 Å². The highest BCUT2D eigenvalue weighted by atomic mass is 19.1. The largest absolute Gasteiger partial charge is 0.469 e. The molecule has 0 unspecified atom stereocenters. The molecule has 0 aliphatic heterocycles. The van der Waals surface area contributed by atoms with E-state index in [1.807, 2.05) is 49.5 Å². The van der Waals surface area contributed by atoms with Gasteiger partial charge in [0.25, 0.3) is 0 Å². The number of furan rings is 1. The molecule has 2 aromatic heterocycles. The van der Waals surface area contributed by atoms with Crippen LogP contribution in [0, 0.1) is 5.82 Å². The molecule has 3 aromatic carbocycles. The van der Waals surface area contributed by atoms with Gasteiger partial charge in [-0.3, -0.25) is 4.79 Å². The summed E-state index contributed by atoms with van der Waals surface area (Å²) in [5.41, 5.74) is 3.92. The molecule has 5 rings (SSSR count). The maximum Gasteiger partial charge on any atom is 0.235 e. The van der Waals surface area contributed by atoms with E-state index >= 15 is 0 Å². The van der Waals surface area contributed by atoms with Crippen LogP contribution >= 0.6 is 0 Å². The lowest BCUT2D eigenvalue weighted by Gasteiger charge is -2.23. The van der Waals surface area contributed by atoms with Crippen molar-refractivity contribution in [2.75, 3.05) is 17.3 Å². The predicted octanol–water partition coefficient (Wildman–Crippen LogP) is 5.85. The van der Waals surface area contributed by atoms with E-state index in [0.29, 0.717) is 5.76 Å². The molecule has 0 saturated carbocycles. The number of hydrogen-bond donors (Lipinski definition) is 1. The lowest BCUT2D eigenvalue weighted by molar-refractivity contribution is -0.118. The maximum absolute atomic E-state index is 14.7. The zero-order valence-corrected chi connectivity index (χ0v) is 19.1. The van der Waals surface area contributed by atoms with E-state index in [0.717, 1.165) is 33.4 Å². The van der Waals surface area contributed by atoms with Crippen LogP contribution in [0.4, 0.5) is 15.9 Å². The highest BCUT2D eigenvalue weighted by Crippen LogP contribution is 2.29. The Hall–Kier alpha value is -4.52. The normalized spacial score (nSPS) is 10.9. The van der Waals surface area contributed by atoms with Crippen molar-refractivity contribution >= 4 is 28.3 Å². The van der Waals surface area contributed by atoms with Crippen molar-refractivity contribution < 1.29 is 13.6 Å². The monoisotopic (exact) mass is 466 g/mol. The summed E-state index contributed by atoms with van der Waals surface area (Å²) < 4.78 is 20.1. The summed E-state index contributed by atoms with van der Waals surface area (Å²) in [5, 5.41) is 4.02. The summed E-state index contributed by atoms with van der Waals surface area (Å²) in [6.45, 7) is 0.215. The minimum absolute atomic E-state index is 0.0402. The van der Waals surface area contributed by atoms with Crippen LogP contribution in [0.1, 0.15) is 11.3 Å². The topological polar surface area (TPSA) is 71.3 Å². The molecule has 7 heteroatoms. The predicted molar refractivity (Wildman–Crippen MR) is 135 cm³/mol. The smallest absolute Gasteiger partial charge is 0.235 e. The second kappa shape index (κ2) is 9.77. The molecule has 0 spiro atoms. The third kappa shape index (κ3) is 4.75. The number of carbonyl (C=O) groups is 1. The van der Waals surface area contributed by atoms with Gasteiger partial charge in [-0.2, -0.15) is 0 Å². The number of para-hydroxylation sites is 1. The third-order valence-electron chi connectivity index (χ3n) is 5.82. The zero-order chi connectivity index (χ0) is 24.2. The van der Waals surface area contributed by atoms with Gasteiger partial charge >= 0.3 is 0 Å². The van der Waals surface area contributed by atoms with Crippen LogP contribution in [0.15, 0.2) is 95.9 Å². The molecular weight excluding hydrogens is 443 g/mol. The van der Waals surface area contributed by atoms with Gasteiger partial charge in [0.05, 0.1) is 30.4 Å². The van der Waals surface area contributed by atoms with Crippen LogP contribution in [0.3, 0.4) is 0 Å². The van der Waals surface area contributed by atoms with Gasteiger partial charge in [-0.25, -0.2) is 14.4 Å². The average molecular weight is 467 g/mol. The van der Waals surface area contributed by atoms with Crippen molar-refractivity contribution in [1.82, 2.24) is 9.97 Å². The Morgan fingerprint density at radius 1 is 0.971 bits per heavy atom. The number of halogens is 1. The van der Waals surface area contributed by atoms with Gasteiger partial charge in [0.2, 0.25) is 5.91 Å². The summed E-state index contributed by atoms with van der Waals surface area (Å²) in [6.07, 6.45) is 3.09. The van der Waals surface area contributed by atoms with E-state index in [9.17, 15) is 9.18 Å². The van der Waals surface area contributed by atoms with E-state index < -0.39 is 5.82 Å². The standard InChI is InChI=1S/C28H23FN4O2/c1-30-28-23-15-21(11-12-25(23)31-18-32-28)20-7-4-6-19(14-20)17-33(26-10-3-2-9-24(26)29)27(34)16-22-8-5-13-35-22/h2-15,18H,16-17H2,1H3,(H,30,31,32). The number of nitrogens with zero attached hydrogens (tertiary/aromatic N) is 3. The molecule has 0 atom stereocenters. The van der Waals surface area contributed by atoms with Gasteiger partial charge in [-0.15, -0.1) is 0 Å². The van der Waals surface area contributed by atoms with Gasteiger partial charge in [0.1, 0.15) is 23.7 Å². The fraction of sp³-hybridized carbons (Fsp3) is 0.107. The highest BCUT2D eigenvalue weighted by Gasteiger charge is 2.21. The first-order valence-electron chi connectivity index (χ1n) is 11.2. The minimum Gasteiger partial charge on any atom is -0.469 e. The Bertz CT molecular complexity index is 1480. The number of benzene rings is 3. The van der Waals surface area contributed by atoms with Crippen LogP contribution in [0.5, 0.6) is 0 Å². The molecule has 35 heavy (non-hydrogen) atoms. The van der Waals surface area contributed by atoms with Crippen LogP contribution in [0.25, 0.3) is 22.0 Å². The molecular formula is C28H23FN4O2. The number of nitrogens with one attached hydrogen (secondary N) is 1. The average Bonchev–Trinajstić information content (AvgIpc) is 3.40. The number of hydrogen-bond acceptors (Lipinski definition) is 5. The number of carbonyl (C=O) groups excluding carboxylic acids is 1. The molecule has 0 aliphatic rings. The molecule has 2 heterocycles. The lowest BCUT2D eigenvalue weighted by atomic mass is 10.0. The molecule has 5 aromatic rings. The van der Waals surface area contributed by atoms with Crippen LogP contribution in [-0.2, 0) is 17.8 Å². The van der Waals surface area contributed by atoms with Gasteiger partial charge in [-0.1, -0.05) is 36.4 Å². The second-order valence-electron chi connectivity index (χ2n) is 8.09. The Kier molecular flexibility index (Phi) is 6.22. The van der Waals surface area contributed by atoms with Crippen molar-refractivity contribution in [3.05, 3.63) is 109 Å². The first kappa shape index (κ1) is 22.3. The number of anilines is 2. The van der Waals surface area contributed by atoms with E-state index in [1.165, 1.54) is 23.6 Å². The molecule has 6 nitrogen and oxygen atoms in total.